The van der Waals surface area contributed by atoms with Crippen LogP contribution in [0.1, 0.15) is 31.2 Å². The Morgan fingerprint density at radius 2 is 2.00 bits per heavy atom. The fourth-order valence-electron chi connectivity index (χ4n) is 2.80. The fraction of sp³-hybridized carbons (Fsp3) is 0.600. The first-order valence-electron chi connectivity index (χ1n) is 6.74. The molecule has 100 valence electrons. The molecule has 0 bridgehead atoms. The van der Waals surface area contributed by atoms with Gasteiger partial charge in [0.05, 0.1) is 13.2 Å². The Kier molecular flexibility index (Phi) is 4.61. The van der Waals surface area contributed by atoms with Crippen LogP contribution in [0.4, 0.5) is 0 Å². The summed E-state index contributed by atoms with van der Waals surface area (Å²) in [6.45, 7) is 4.77. The molecule has 18 heavy (non-hydrogen) atoms. The number of para-hydroxylation sites is 1. The molecule has 1 aromatic carbocycles. The zero-order valence-electron chi connectivity index (χ0n) is 11.3. The molecule has 0 spiro atoms. The van der Waals surface area contributed by atoms with E-state index in [2.05, 4.69) is 17.0 Å². The van der Waals surface area contributed by atoms with Crippen LogP contribution in [-0.4, -0.2) is 42.9 Å². The minimum atomic E-state index is -0.229. The molecule has 0 aromatic heterocycles. The second-order valence-electron chi connectivity index (χ2n) is 5.17. The SMILES string of the molecule is COc1ccccc1C1CCN(CC(C)O)CC1. The van der Waals surface area contributed by atoms with Crippen LogP contribution in [0.15, 0.2) is 24.3 Å². The van der Waals surface area contributed by atoms with E-state index in [4.69, 9.17) is 4.74 Å². The van der Waals surface area contributed by atoms with Crippen LogP contribution in [0.5, 0.6) is 5.75 Å². The molecule has 1 unspecified atom stereocenters. The maximum atomic E-state index is 9.41. The average molecular weight is 249 g/mol. The largest absolute Gasteiger partial charge is 0.496 e. The smallest absolute Gasteiger partial charge is 0.122 e. The van der Waals surface area contributed by atoms with Crippen LogP contribution in [0.25, 0.3) is 0 Å². The molecule has 1 N–H and O–H groups in total. The lowest BCUT2D eigenvalue weighted by Gasteiger charge is -2.33. The standard InChI is InChI=1S/C15H23NO2/c1-12(17)11-16-9-7-13(8-10-16)14-5-3-4-6-15(14)18-2/h3-6,12-13,17H,7-11H2,1-2H3. The molecule has 1 aromatic rings. The van der Waals surface area contributed by atoms with Crippen molar-refractivity contribution in [1.29, 1.82) is 0 Å². The van der Waals surface area contributed by atoms with Gasteiger partial charge in [-0.25, -0.2) is 0 Å². The summed E-state index contributed by atoms with van der Waals surface area (Å²) in [4.78, 5) is 2.34. The first-order chi connectivity index (χ1) is 8.70. The highest BCUT2D eigenvalue weighted by atomic mass is 16.5. The summed E-state index contributed by atoms with van der Waals surface area (Å²) in [7, 11) is 1.74. The van der Waals surface area contributed by atoms with Crippen molar-refractivity contribution in [2.75, 3.05) is 26.7 Å². The molecule has 1 atom stereocenters. The van der Waals surface area contributed by atoms with E-state index < -0.39 is 0 Å². The van der Waals surface area contributed by atoms with Crippen molar-refractivity contribution in [3.05, 3.63) is 29.8 Å². The number of nitrogens with zero attached hydrogens (tertiary/aromatic N) is 1. The molecule has 1 aliphatic rings. The number of methoxy groups -OCH3 is 1. The maximum absolute atomic E-state index is 9.41. The van der Waals surface area contributed by atoms with Crippen molar-refractivity contribution in [2.24, 2.45) is 0 Å². The zero-order valence-corrected chi connectivity index (χ0v) is 11.3. The molecule has 0 saturated carbocycles. The van der Waals surface area contributed by atoms with E-state index >= 15 is 0 Å². The molecule has 2 rings (SSSR count). The lowest BCUT2D eigenvalue weighted by atomic mass is 9.89. The molecule has 1 heterocycles. The maximum Gasteiger partial charge on any atom is 0.122 e. The Balaban J connectivity index is 1.97. The highest BCUT2D eigenvalue weighted by molar-refractivity contribution is 5.36. The van der Waals surface area contributed by atoms with E-state index in [1.807, 2.05) is 19.1 Å². The molecular weight excluding hydrogens is 226 g/mol. The quantitative estimate of drug-likeness (QED) is 0.888. The number of β-amino-alcohol motifs (C(OH)–C–C–N with tert-alkyl or cyclic N) is 1. The number of ether oxygens (including phenoxy) is 1. The van der Waals surface area contributed by atoms with Gasteiger partial charge in [-0.2, -0.15) is 0 Å². The van der Waals surface area contributed by atoms with Crippen LogP contribution >= 0.6 is 0 Å². The van der Waals surface area contributed by atoms with E-state index in [0.717, 1.165) is 38.2 Å². The second kappa shape index (κ2) is 6.21. The first-order valence-corrected chi connectivity index (χ1v) is 6.74. The summed E-state index contributed by atoms with van der Waals surface area (Å²) < 4.78 is 5.44. The molecule has 1 aliphatic heterocycles. The van der Waals surface area contributed by atoms with Crippen molar-refractivity contribution in [1.82, 2.24) is 4.90 Å². The van der Waals surface area contributed by atoms with Crippen LogP contribution in [-0.2, 0) is 0 Å². The number of hydrogen-bond donors (Lipinski definition) is 1. The highest BCUT2D eigenvalue weighted by Crippen LogP contribution is 2.33. The molecule has 1 saturated heterocycles. The average Bonchev–Trinajstić information content (AvgIpc) is 2.39. The fourth-order valence-corrected chi connectivity index (χ4v) is 2.80. The highest BCUT2D eigenvalue weighted by Gasteiger charge is 2.23. The Hall–Kier alpha value is -1.06. The van der Waals surface area contributed by atoms with Gasteiger partial charge in [0.1, 0.15) is 5.75 Å². The van der Waals surface area contributed by atoms with E-state index in [1.54, 1.807) is 7.11 Å². The number of likely N-dealkylation sites (tertiary alicyclic amines) is 1. The van der Waals surface area contributed by atoms with Crippen molar-refractivity contribution >= 4 is 0 Å². The van der Waals surface area contributed by atoms with Crippen molar-refractivity contribution < 1.29 is 9.84 Å². The molecular formula is C15H23NO2. The lowest BCUT2D eigenvalue weighted by molar-refractivity contribution is 0.109. The van der Waals surface area contributed by atoms with Crippen molar-refractivity contribution in [3.63, 3.8) is 0 Å². The van der Waals surface area contributed by atoms with Gasteiger partial charge in [-0.05, 0) is 50.4 Å². The van der Waals surface area contributed by atoms with Gasteiger partial charge in [0, 0.05) is 6.54 Å². The van der Waals surface area contributed by atoms with E-state index in [9.17, 15) is 5.11 Å². The summed E-state index contributed by atoms with van der Waals surface area (Å²) in [6.07, 6.45) is 2.06. The zero-order chi connectivity index (χ0) is 13.0. The normalized spacial score (nSPS) is 19.7. The van der Waals surface area contributed by atoms with E-state index in [-0.39, 0.29) is 6.10 Å². The summed E-state index contributed by atoms with van der Waals surface area (Å²) in [5.41, 5.74) is 1.33. The number of aliphatic hydroxyl groups excluding tert-OH is 1. The summed E-state index contributed by atoms with van der Waals surface area (Å²) in [6, 6.07) is 8.32. The molecule has 3 nitrogen and oxygen atoms in total. The number of piperidine rings is 1. The molecule has 1 fully saturated rings. The molecule has 0 radical (unpaired) electrons. The monoisotopic (exact) mass is 249 g/mol. The van der Waals surface area contributed by atoms with E-state index in [0.29, 0.717) is 5.92 Å². The van der Waals surface area contributed by atoms with Gasteiger partial charge in [-0.1, -0.05) is 18.2 Å². The predicted octanol–water partition coefficient (Wildman–Crippen LogP) is 2.26. The second-order valence-corrected chi connectivity index (χ2v) is 5.17. The van der Waals surface area contributed by atoms with E-state index in [1.165, 1.54) is 5.56 Å². The predicted molar refractivity (Wildman–Crippen MR) is 73.1 cm³/mol. The molecule has 0 aliphatic carbocycles. The summed E-state index contributed by atoms with van der Waals surface area (Å²) in [5, 5.41) is 9.41. The topological polar surface area (TPSA) is 32.7 Å². The van der Waals surface area contributed by atoms with Gasteiger partial charge >= 0.3 is 0 Å². The van der Waals surface area contributed by atoms with Gasteiger partial charge in [0.25, 0.3) is 0 Å². The molecule has 3 heteroatoms. The van der Waals surface area contributed by atoms with Gasteiger partial charge in [-0.3, -0.25) is 0 Å². The van der Waals surface area contributed by atoms with Crippen LogP contribution in [0.3, 0.4) is 0 Å². The third-order valence-corrected chi connectivity index (χ3v) is 3.69. The minimum absolute atomic E-state index is 0.229. The lowest BCUT2D eigenvalue weighted by Crippen LogP contribution is -2.37. The Bertz CT molecular complexity index is 371. The number of benzene rings is 1. The van der Waals surface area contributed by atoms with Crippen LogP contribution in [0.2, 0.25) is 0 Å². The van der Waals surface area contributed by atoms with Crippen LogP contribution < -0.4 is 4.74 Å². The molecule has 0 amide bonds. The number of aliphatic hydroxyl groups is 1. The van der Waals surface area contributed by atoms with Crippen molar-refractivity contribution in [3.8, 4) is 5.75 Å². The summed E-state index contributed by atoms with van der Waals surface area (Å²) in [5.74, 6) is 1.60. The van der Waals surface area contributed by atoms with Gasteiger partial charge in [0.15, 0.2) is 0 Å². The van der Waals surface area contributed by atoms with Gasteiger partial charge in [-0.15, -0.1) is 0 Å². The third-order valence-electron chi connectivity index (χ3n) is 3.69. The van der Waals surface area contributed by atoms with Crippen molar-refractivity contribution in [2.45, 2.75) is 31.8 Å². The first kappa shape index (κ1) is 13.4. The minimum Gasteiger partial charge on any atom is -0.496 e. The van der Waals surface area contributed by atoms with Gasteiger partial charge in [0.2, 0.25) is 0 Å². The number of rotatable bonds is 4. The van der Waals surface area contributed by atoms with Gasteiger partial charge < -0.3 is 14.7 Å². The summed E-state index contributed by atoms with van der Waals surface area (Å²) >= 11 is 0. The number of hydrogen-bond acceptors (Lipinski definition) is 3. The Labute approximate surface area is 109 Å². The Morgan fingerprint density at radius 1 is 1.33 bits per heavy atom. The third kappa shape index (κ3) is 3.24. The van der Waals surface area contributed by atoms with Crippen LogP contribution in [0, 0.1) is 0 Å². The Morgan fingerprint density at radius 3 is 2.61 bits per heavy atom.